The van der Waals surface area contributed by atoms with Crippen molar-refractivity contribution in [3.05, 3.63) is 48.0 Å². The van der Waals surface area contributed by atoms with Gasteiger partial charge in [-0.15, -0.1) is 6.58 Å². The van der Waals surface area contributed by atoms with Gasteiger partial charge in [0.05, 0.1) is 0 Å². The molecule has 0 bridgehead atoms. The number of aliphatic carboxylic acids is 1. The number of carboxylic acids is 1. The molecule has 0 aliphatic heterocycles. The van der Waals surface area contributed by atoms with Crippen molar-refractivity contribution >= 4 is 22.8 Å². The minimum absolute atomic E-state index is 0.0127. The van der Waals surface area contributed by atoms with E-state index in [1.807, 2.05) is 0 Å². The van der Waals surface area contributed by atoms with Gasteiger partial charge in [-0.3, -0.25) is 9.59 Å². The van der Waals surface area contributed by atoms with E-state index < -0.39 is 24.2 Å². The maximum Gasteiger partial charge on any atom is 0.323 e. The van der Waals surface area contributed by atoms with Crippen LogP contribution in [0.4, 0.5) is 4.39 Å². The molecule has 0 fully saturated rings. The van der Waals surface area contributed by atoms with Crippen LogP contribution in [-0.2, 0) is 4.79 Å². The molecule has 2 aromatic rings. The Morgan fingerprint density at radius 2 is 2.19 bits per heavy atom. The number of fused-ring (bicyclic) bond motifs is 1. The minimum Gasteiger partial charge on any atom is -0.480 e. The summed E-state index contributed by atoms with van der Waals surface area (Å²) >= 11 is 0. The number of amides is 1. The van der Waals surface area contributed by atoms with Crippen molar-refractivity contribution in [2.45, 2.75) is 6.92 Å². The van der Waals surface area contributed by atoms with Crippen LogP contribution in [0.25, 0.3) is 11.0 Å². The molecule has 6 heteroatoms. The largest absolute Gasteiger partial charge is 0.480 e. The van der Waals surface area contributed by atoms with Crippen molar-refractivity contribution < 1.29 is 23.5 Å². The highest BCUT2D eigenvalue weighted by atomic mass is 19.1. The Balaban J connectivity index is 2.44. The van der Waals surface area contributed by atoms with E-state index in [4.69, 9.17) is 9.52 Å². The summed E-state index contributed by atoms with van der Waals surface area (Å²) in [6.07, 6.45) is 1.43. The van der Waals surface area contributed by atoms with E-state index in [1.165, 1.54) is 24.3 Å². The molecule has 0 aliphatic carbocycles. The number of nitrogens with zero attached hydrogens (tertiary/aromatic N) is 1. The van der Waals surface area contributed by atoms with E-state index in [-0.39, 0.29) is 12.3 Å². The zero-order valence-corrected chi connectivity index (χ0v) is 11.4. The minimum atomic E-state index is -1.13. The molecule has 0 unspecified atom stereocenters. The number of hydrogen-bond acceptors (Lipinski definition) is 3. The van der Waals surface area contributed by atoms with E-state index in [2.05, 4.69) is 6.58 Å². The molecule has 0 aliphatic rings. The van der Waals surface area contributed by atoms with E-state index in [9.17, 15) is 14.0 Å². The van der Waals surface area contributed by atoms with Crippen molar-refractivity contribution in [2.75, 3.05) is 13.1 Å². The molecule has 1 aromatic carbocycles. The van der Waals surface area contributed by atoms with Crippen molar-refractivity contribution in [1.82, 2.24) is 4.90 Å². The van der Waals surface area contributed by atoms with Crippen molar-refractivity contribution in [2.24, 2.45) is 0 Å². The Kier molecular flexibility index (Phi) is 4.07. The molecule has 0 radical (unpaired) electrons. The fourth-order valence-electron chi connectivity index (χ4n) is 2.08. The first kappa shape index (κ1) is 14.8. The fourth-order valence-corrected chi connectivity index (χ4v) is 2.08. The molecule has 1 N–H and O–H groups in total. The van der Waals surface area contributed by atoms with Crippen LogP contribution in [0.2, 0.25) is 0 Å². The zero-order chi connectivity index (χ0) is 15.6. The number of halogens is 1. The lowest BCUT2D eigenvalue weighted by atomic mass is 10.1. The lowest BCUT2D eigenvalue weighted by Crippen LogP contribution is -2.35. The summed E-state index contributed by atoms with van der Waals surface area (Å²) in [6.45, 7) is 4.74. The monoisotopic (exact) mass is 291 g/mol. The normalized spacial score (nSPS) is 10.6. The summed E-state index contributed by atoms with van der Waals surface area (Å²) in [7, 11) is 0. The third-order valence-electron chi connectivity index (χ3n) is 3.06. The number of furan rings is 1. The van der Waals surface area contributed by atoms with Gasteiger partial charge in [-0.05, 0) is 25.1 Å². The Morgan fingerprint density at radius 1 is 1.48 bits per heavy atom. The van der Waals surface area contributed by atoms with Gasteiger partial charge in [0.25, 0.3) is 5.91 Å². The SMILES string of the molecule is C=CCN(CC(=O)O)C(=O)c1oc2ccc(F)cc2c1C. The predicted octanol–water partition coefficient (Wildman–Crippen LogP) is 2.59. The molecule has 0 saturated heterocycles. The number of carbonyl (C=O) groups excluding carboxylic acids is 1. The third kappa shape index (κ3) is 2.94. The van der Waals surface area contributed by atoms with Gasteiger partial charge < -0.3 is 14.4 Å². The van der Waals surface area contributed by atoms with Crippen LogP contribution in [0.5, 0.6) is 0 Å². The van der Waals surface area contributed by atoms with E-state index in [0.717, 1.165) is 4.90 Å². The van der Waals surface area contributed by atoms with Crippen LogP contribution in [-0.4, -0.2) is 35.0 Å². The lowest BCUT2D eigenvalue weighted by Gasteiger charge is -2.17. The number of hydrogen-bond donors (Lipinski definition) is 1. The summed E-state index contributed by atoms with van der Waals surface area (Å²) in [6, 6.07) is 3.95. The Hall–Kier alpha value is -2.63. The smallest absolute Gasteiger partial charge is 0.323 e. The first-order valence-electron chi connectivity index (χ1n) is 6.24. The average molecular weight is 291 g/mol. The van der Waals surface area contributed by atoms with Crippen molar-refractivity contribution in [3.8, 4) is 0 Å². The molecule has 110 valence electrons. The van der Waals surface area contributed by atoms with Crippen LogP contribution >= 0.6 is 0 Å². The van der Waals surface area contributed by atoms with Gasteiger partial charge in [-0.2, -0.15) is 0 Å². The Morgan fingerprint density at radius 3 is 2.81 bits per heavy atom. The van der Waals surface area contributed by atoms with Gasteiger partial charge in [-0.1, -0.05) is 6.08 Å². The first-order chi connectivity index (χ1) is 9.93. The maximum absolute atomic E-state index is 13.3. The molecule has 0 saturated carbocycles. The number of carboxylic acid groups (broad SMARTS) is 1. The number of carbonyl (C=O) groups is 2. The van der Waals surface area contributed by atoms with Gasteiger partial charge in [-0.25, -0.2) is 4.39 Å². The van der Waals surface area contributed by atoms with Gasteiger partial charge in [0.15, 0.2) is 5.76 Å². The molecule has 1 heterocycles. The second-order valence-corrected chi connectivity index (χ2v) is 4.56. The topological polar surface area (TPSA) is 70.8 Å². The van der Waals surface area contributed by atoms with Crippen LogP contribution in [0.3, 0.4) is 0 Å². The quantitative estimate of drug-likeness (QED) is 0.860. The summed E-state index contributed by atoms with van der Waals surface area (Å²) in [5.74, 6) is -2.12. The molecular weight excluding hydrogens is 277 g/mol. The van der Waals surface area contributed by atoms with Crippen LogP contribution in [0, 0.1) is 12.7 Å². The summed E-state index contributed by atoms with van der Waals surface area (Å²) < 4.78 is 18.7. The fraction of sp³-hybridized carbons (Fsp3) is 0.200. The molecule has 5 nitrogen and oxygen atoms in total. The molecule has 0 spiro atoms. The predicted molar refractivity (Wildman–Crippen MR) is 74.6 cm³/mol. The van der Waals surface area contributed by atoms with Gasteiger partial charge >= 0.3 is 5.97 Å². The zero-order valence-electron chi connectivity index (χ0n) is 11.4. The average Bonchev–Trinajstić information content (AvgIpc) is 2.74. The van der Waals surface area contributed by atoms with Crippen LogP contribution < -0.4 is 0 Å². The van der Waals surface area contributed by atoms with Gasteiger partial charge in [0.1, 0.15) is 17.9 Å². The maximum atomic E-state index is 13.3. The summed E-state index contributed by atoms with van der Waals surface area (Å²) in [5, 5.41) is 9.34. The van der Waals surface area contributed by atoms with E-state index >= 15 is 0 Å². The molecule has 1 amide bonds. The molecule has 2 rings (SSSR count). The molecular formula is C15H14FNO4. The summed E-state index contributed by atoms with van der Waals surface area (Å²) in [5.41, 5.74) is 0.861. The highest BCUT2D eigenvalue weighted by molar-refractivity contribution is 6.00. The van der Waals surface area contributed by atoms with Crippen molar-refractivity contribution in [1.29, 1.82) is 0 Å². The molecule has 0 atom stereocenters. The number of benzene rings is 1. The Bertz CT molecular complexity index is 720. The van der Waals surface area contributed by atoms with Crippen LogP contribution in [0.1, 0.15) is 16.1 Å². The molecule has 1 aromatic heterocycles. The van der Waals surface area contributed by atoms with Gasteiger partial charge in [0.2, 0.25) is 0 Å². The second-order valence-electron chi connectivity index (χ2n) is 4.56. The number of rotatable bonds is 5. The first-order valence-corrected chi connectivity index (χ1v) is 6.24. The van der Waals surface area contributed by atoms with Gasteiger partial charge in [0, 0.05) is 17.5 Å². The van der Waals surface area contributed by atoms with Crippen LogP contribution in [0.15, 0.2) is 35.3 Å². The highest BCUT2D eigenvalue weighted by Crippen LogP contribution is 2.26. The standard InChI is InChI=1S/C15H14FNO4/c1-3-6-17(8-13(18)19)15(20)14-9(2)11-7-10(16)4-5-12(11)21-14/h3-5,7H,1,6,8H2,2H3,(H,18,19). The molecule has 21 heavy (non-hydrogen) atoms. The highest BCUT2D eigenvalue weighted by Gasteiger charge is 2.24. The Labute approximate surface area is 120 Å². The summed E-state index contributed by atoms with van der Waals surface area (Å²) in [4.78, 5) is 24.3. The second kappa shape index (κ2) is 5.78. The third-order valence-corrected chi connectivity index (χ3v) is 3.06. The van der Waals surface area contributed by atoms with Crippen molar-refractivity contribution in [3.63, 3.8) is 0 Å². The van der Waals surface area contributed by atoms with E-state index in [1.54, 1.807) is 6.92 Å². The number of aryl methyl sites for hydroxylation is 1. The lowest BCUT2D eigenvalue weighted by molar-refractivity contribution is -0.137. The van der Waals surface area contributed by atoms with E-state index in [0.29, 0.717) is 16.5 Å².